The maximum absolute atomic E-state index is 9.00. The number of hydrogen-bond acceptors (Lipinski definition) is 3. The standard InChI is InChI=1S/3C2H4O2.3Na.3H/c3*1-2(3)4;;;;;;/h3*1H3,(H,3,4);;;;;;. The van der Waals surface area contributed by atoms with Gasteiger partial charge in [0.15, 0.2) is 0 Å². The third kappa shape index (κ3) is 1390. The van der Waals surface area contributed by atoms with Gasteiger partial charge in [-0.15, -0.1) is 0 Å². The van der Waals surface area contributed by atoms with E-state index in [0.29, 0.717) is 0 Å². The van der Waals surface area contributed by atoms with Crippen molar-refractivity contribution in [2.24, 2.45) is 0 Å². The average molecular weight is 252 g/mol. The number of aliphatic carboxylic acids is 3. The predicted octanol–water partition coefficient (Wildman–Crippen LogP) is -1.67. The van der Waals surface area contributed by atoms with Crippen LogP contribution >= 0.6 is 0 Å². The third-order valence-corrected chi connectivity index (χ3v) is 0. The van der Waals surface area contributed by atoms with Crippen LogP contribution in [-0.4, -0.2) is 122 Å². The van der Waals surface area contributed by atoms with Gasteiger partial charge in [-0.05, 0) is 0 Å². The summed E-state index contributed by atoms with van der Waals surface area (Å²) < 4.78 is 0. The van der Waals surface area contributed by atoms with Gasteiger partial charge < -0.3 is 15.3 Å². The Labute approximate surface area is 155 Å². The van der Waals surface area contributed by atoms with Crippen molar-refractivity contribution in [3.8, 4) is 0 Å². The molecule has 3 N–H and O–H groups in total. The van der Waals surface area contributed by atoms with Crippen LogP contribution in [0, 0.1) is 0 Å². The van der Waals surface area contributed by atoms with E-state index in [1.165, 1.54) is 0 Å². The maximum atomic E-state index is 9.00. The molecule has 0 aliphatic rings. The van der Waals surface area contributed by atoms with E-state index in [2.05, 4.69) is 0 Å². The summed E-state index contributed by atoms with van der Waals surface area (Å²) in [6.45, 7) is 3.25. The molecule has 0 fully saturated rings. The Hall–Kier alpha value is 1.41. The number of hydrogen-bond donors (Lipinski definition) is 3. The zero-order valence-corrected chi connectivity index (χ0v) is 7.07. The molecule has 0 aromatic rings. The van der Waals surface area contributed by atoms with Crippen LogP contribution in [0.5, 0.6) is 0 Å². The summed E-state index contributed by atoms with van der Waals surface area (Å²) in [5.74, 6) is -2.50. The second kappa shape index (κ2) is 29.5. The Balaban J connectivity index is -0.0000000184. The molecule has 0 radical (unpaired) electrons. The van der Waals surface area contributed by atoms with Gasteiger partial charge in [0.05, 0.1) is 0 Å². The first-order valence-electron chi connectivity index (χ1n) is 2.78. The molecular formula is C6H15Na3O6. The number of carbonyl (C=O) groups is 3. The molecule has 0 aliphatic carbocycles. The van der Waals surface area contributed by atoms with E-state index in [0.717, 1.165) is 20.8 Å². The molecule has 78 valence electrons. The van der Waals surface area contributed by atoms with Gasteiger partial charge in [0.1, 0.15) is 0 Å². The molecule has 0 saturated heterocycles. The second-order valence-corrected chi connectivity index (χ2v) is 1.56. The van der Waals surface area contributed by atoms with E-state index in [-0.39, 0.29) is 88.7 Å². The molecule has 0 unspecified atom stereocenters. The minimum atomic E-state index is -0.833. The molecule has 0 bridgehead atoms. The molecular weight excluding hydrogens is 237 g/mol. The van der Waals surface area contributed by atoms with E-state index in [1.807, 2.05) is 0 Å². The second-order valence-electron chi connectivity index (χ2n) is 1.56. The van der Waals surface area contributed by atoms with Crippen LogP contribution in [0.1, 0.15) is 20.8 Å². The van der Waals surface area contributed by atoms with Crippen LogP contribution in [0.3, 0.4) is 0 Å². The Kier molecular flexibility index (Phi) is 70.8. The SMILES string of the molecule is CC(=O)O.CC(=O)O.CC(=O)O.[NaH].[NaH].[NaH]. The molecule has 15 heavy (non-hydrogen) atoms. The summed E-state index contributed by atoms with van der Waals surface area (Å²) in [6, 6.07) is 0. The van der Waals surface area contributed by atoms with Crippen LogP contribution in [0.2, 0.25) is 0 Å². The molecule has 0 aromatic carbocycles. The van der Waals surface area contributed by atoms with E-state index >= 15 is 0 Å². The van der Waals surface area contributed by atoms with Gasteiger partial charge in [-0.25, -0.2) is 0 Å². The first-order chi connectivity index (χ1) is 5.20. The first kappa shape index (κ1) is 36.0. The summed E-state index contributed by atoms with van der Waals surface area (Å²) in [7, 11) is 0. The summed E-state index contributed by atoms with van der Waals surface area (Å²) in [4.78, 5) is 27.0. The topological polar surface area (TPSA) is 112 Å². The fourth-order valence-corrected chi connectivity index (χ4v) is 0. The average Bonchev–Trinajstić information content (AvgIpc) is 1.54. The van der Waals surface area contributed by atoms with Crippen LogP contribution in [0.25, 0.3) is 0 Å². The predicted molar refractivity (Wildman–Crippen MR) is 61.4 cm³/mol. The van der Waals surface area contributed by atoms with Crippen molar-refractivity contribution < 1.29 is 29.7 Å². The quantitative estimate of drug-likeness (QED) is 0.444. The van der Waals surface area contributed by atoms with E-state index in [4.69, 9.17) is 29.7 Å². The fourth-order valence-electron chi connectivity index (χ4n) is 0. The van der Waals surface area contributed by atoms with Crippen LogP contribution in [0.15, 0.2) is 0 Å². The Morgan fingerprint density at radius 2 is 0.600 bits per heavy atom. The third-order valence-electron chi connectivity index (χ3n) is 0. The van der Waals surface area contributed by atoms with Gasteiger partial charge in [-0.1, -0.05) is 0 Å². The van der Waals surface area contributed by atoms with Gasteiger partial charge in [0, 0.05) is 20.8 Å². The number of carboxylic acid groups (broad SMARTS) is 3. The summed E-state index contributed by atoms with van der Waals surface area (Å²) in [5.41, 5.74) is 0. The van der Waals surface area contributed by atoms with Crippen molar-refractivity contribution in [1.29, 1.82) is 0 Å². The molecule has 0 saturated carbocycles. The zero-order valence-electron chi connectivity index (χ0n) is 7.07. The number of carboxylic acids is 3. The van der Waals surface area contributed by atoms with Crippen molar-refractivity contribution >= 4 is 107 Å². The Bertz CT molecular complexity index is 120. The van der Waals surface area contributed by atoms with E-state index in [9.17, 15) is 0 Å². The van der Waals surface area contributed by atoms with Crippen molar-refractivity contribution in [2.75, 3.05) is 0 Å². The zero-order chi connectivity index (χ0) is 10.7. The molecule has 6 nitrogen and oxygen atoms in total. The fraction of sp³-hybridized carbons (Fsp3) is 0.500. The van der Waals surface area contributed by atoms with Crippen molar-refractivity contribution in [2.45, 2.75) is 20.8 Å². The first-order valence-corrected chi connectivity index (χ1v) is 2.78. The molecule has 0 aliphatic heterocycles. The van der Waals surface area contributed by atoms with Crippen LogP contribution in [-0.2, 0) is 14.4 Å². The van der Waals surface area contributed by atoms with Gasteiger partial charge in [0.25, 0.3) is 17.9 Å². The summed E-state index contributed by atoms with van der Waals surface area (Å²) >= 11 is 0. The van der Waals surface area contributed by atoms with Gasteiger partial charge in [-0.2, -0.15) is 0 Å². The van der Waals surface area contributed by atoms with Crippen molar-refractivity contribution in [1.82, 2.24) is 0 Å². The minimum absolute atomic E-state index is 0. The van der Waals surface area contributed by atoms with Gasteiger partial charge in [-0.3, -0.25) is 14.4 Å². The van der Waals surface area contributed by atoms with Gasteiger partial charge in [0.2, 0.25) is 0 Å². The monoisotopic (exact) mass is 252 g/mol. The molecule has 0 atom stereocenters. The Morgan fingerprint density at radius 3 is 0.600 bits per heavy atom. The number of rotatable bonds is 0. The van der Waals surface area contributed by atoms with Gasteiger partial charge >= 0.3 is 88.7 Å². The molecule has 0 aromatic heterocycles. The molecule has 0 amide bonds. The Morgan fingerprint density at radius 1 is 0.600 bits per heavy atom. The molecule has 0 rings (SSSR count). The molecule has 0 spiro atoms. The van der Waals surface area contributed by atoms with Crippen molar-refractivity contribution in [3.05, 3.63) is 0 Å². The van der Waals surface area contributed by atoms with Crippen LogP contribution < -0.4 is 0 Å². The molecule has 9 heteroatoms. The summed E-state index contributed by atoms with van der Waals surface area (Å²) in [6.07, 6.45) is 0. The summed E-state index contributed by atoms with van der Waals surface area (Å²) in [5, 5.41) is 22.2. The van der Waals surface area contributed by atoms with E-state index in [1.54, 1.807) is 0 Å². The van der Waals surface area contributed by atoms with Crippen molar-refractivity contribution in [3.63, 3.8) is 0 Å². The van der Waals surface area contributed by atoms with Crippen LogP contribution in [0.4, 0.5) is 0 Å². The normalized spacial score (nSPS) is 5.00. The van der Waals surface area contributed by atoms with E-state index < -0.39 is 17.9 Å². The molecule has 0 heterocycles.